The molecule has 1 fully saturated rings. The Morgan fingerprint density at radius 1 is 1.39 bits per heavy atom. The summed E-state index contributed by atoms with van der Waals surface area (Å²) >= 11 is 0. The lowest BCUT2D eigenvalue weighted by Crippen LogP contribution is -2.50. The molecule has 2 rings (SSSR count). The lowest BCUT2D eigenvalue weighted by Gasteiger charge is -2.29. The van der Waals surface area contributed by atoms with E-state index >= 15 is 0 Å². The number of urea groups is 1. The summed E-state index contributed by atoms with van der Waals surface area (Å²) in [5.41, 5.74) is 0.876. The molecule has 1 aromatic carbocycles. The quantitative estimate of drug-likeness (QED) is 0.875. The van der Waals surface area contributed by atoms with Crippen molar-refractivity contribution < 1.29 is 14.0 Å². The number of hydrogen-bond acceptors (Lipinski definition) is 2. The molecule has 1 aromatic rings. The Bertz CT molecular complexity index is 545. The van der Waals surface area contributed by atoms with Gasteiger partial charge in [0.2, 0.25) is 5.91 Å². The van der Waals surface area contributed by atoms with Crippen molar-refractivity contribution >= 4 is 11.9 Å². The Kier molecular flexibility index (Phi) is 5.96. The van der Waals surface area contributed by atoms with Gasteiger partial charge in [-0.15, -0.1) is 0 Å². The van der Waals surface area contributed by atoms with Crippen LogP contribution in [-0.4, -0.2) is 35.5 Å². The van der Waals surface area contributed by atoms with Crippen LogP contribution in [0.3, 0.4) is 0 Å². The molecule has 0 unspecified atom stereocenters. The highest BCUT2D eigenvalue weighted by Crippen LogP contribution is 2.11. The van der Waals surface area contributed by atoms with Crippen molar-refractivity contribution in [3.63, 3.8) is 0 Å². The molecule has 2 N–H and O–H groups in total. The van der Waals surface area contributed by atoms with Gasteiger partial charge in [-0.25, -0.2) is 9.18 Å². The Morgan fingerprint density at radius 3 is 2.70 bits per heavy atom. The number of halogens is 1. The number of carbonyl (C=O) groups excluding carboxylic acids is 2. The van der Waals surface area contributed by atoms with Crippen molar-refractivity contribution in [2.75, 3.05) is 6.54 Å². The number of nitrogens with one attached hydrogen (secondary N) is 2. The highest BCUT2D eigenvalue weighted by Gasteiger charge is 2.21. The minimum absolute atomic E-state index is 0.0000309. The summed E-state index contributed by atoms with van der Waals surface area (Å²) in [5, 5.41) is 5.77. The highest BCUT2D eigenvalue weighted by atomic mass is 19.1. The first-order valence-corrected chi connectivity index (χ1v) is 8.04. The molecule has 0 bridgehead atoms. The smallest absolute Gasteiger partial charge is 0.318 e. The maximum absolute atomic E-state index is 13.0. The molecule has 1 heterocycles. The number of hydrogen-bond donors (Lipinski definition) is 2. The number of piperidine rings is 1. The van der Waals surface area contributed by atoms with Crippen LogP contribution in [-0.2, 0) is 11.3 Å². The van der Waals surface area contributed by atoms with E-state index in [0.717, 1.165) is 18.4 Å². The molecule has 126 valence electrons. The van der Waals surface area contributed by atoms with E-state index in [1.165, 1.54) is 12.1 Å². The van der Waals surface area contributed by atoms with E-state index in [9.17, 15) is 14.0 Å². The molecular weight excluding hydrogens is 297 g/mol. The summed E-state index contributed by atoms with van der Waals surface area (Å²) in [7, 11) is 0. The normalized spacial score (nSPS) is 17.7. The van der Waals surface area contributed by atoms with Crippen LogP contribution >= 0.6 is 0 Å². The third-order valence-electron chi connectivity index (χ3n) is 3.97. The van der Waals surface area contributed by atoms with Gasteiger partial charge in [-0.05, 0) is 44.4 Å². The second-order valence-electron chi connectivity index (χ2n) is 6.19. The van der Waals surface area contributed by atoms with Gasteiger partial charge in [0.25, 0.3) is 0 Å². The van der Waals surface area contributed by atoms with Crippen LogP contribution in [0.4, 0.5) is 9.18 Å². The summed E-state index contributed by atoms with van der Waals surface area (Å²) in [6.45, 7) is 4.72. The van der Waals surface area contributed by atoms with E-state index in [4.69, 9.17) is 0 Å². The largest absolute Gasteiger partial charge is 0.352 e. The highest BCUT2D eigenvalue weighted by molar-refractivity contribution is 5.77. The predicted octanol–water partition coefficient (Wildman–Crippen LogP) is 2.41. The summed E-state index contributed by atoms with van der Waals surface area (Å²) in [6.07, 6.45) is 2.30. The van der Waals surface area contributed by atoms with E-state index in [-0.39, 0.29) is 29.8 Å². The van der Waals surface area contributed by atoms with Gasteiger partial charge >= 0.3 is 6.03 Å². The molecule has 3 amide bonds. The second-order valence-corrected chi connectivity index (χ2v) is 6.19. The fourth-order valence-corrected chi connectivity index (χ4v) is 2.62. The molecule has 0 spiro atoms. The van der Waals surface area contributed by atoms with Crippen molar-refractivity contribution in [2.24, 2.45) is 0 Å². The number of amides is 3. The summed E-state index contributed by atoms with van der Waals surface area (Å²) in [4.78, 5) is 25.5. The van der Waals surface area contributed by atoms with Crippen LogP contribution in [0.25, 0.3) is 0 Å². The SMILES string of the molecule is CC(C)N(Cc1ccc(F)cc1)C(=O)NC[C@H]1CCCC(=O)N1. The van der Waals surface area contributed by atoms with Crippen molar-refractivity contribution in [1.29, 1.82) is 0 Å². The fraction of sp³-hybridized carbons (Fsp3) is 0.529. The molecule has 23 heavy (non-hydrogen) atoms. The van der Waals surface area contributed by atoms with Crippen molar-refractivity contribution in [3.05, 3.63) is 35.6 Å². The number of nitrogens with zero attached hydrogens (tertiary/aromatic N) is 1. The topological polar surface area (TPSA) is 61.4 Å². The van der Waals surface area contributed by atoms with E-state index in [2.05, 4.69) is 10.6 Å². The van der Waals surface area contributed by atoms with Crippen LogP contribution in [0.2, 0.25) is 0 Å². The van der Waals surface area contributed by atoms with Crippen molar-refractivity contribution in [2.45, 2.75) is 51.7 Å². The van der Waals surface area contributed by atoms with E-state index in [1.807, 2.05) is 13.8 Å². The van der Waals surface area contributed by atoms with Crippen LogP contribution < -0.4 is 10.6 Å². The van der Waals surface area contributed by atoms with Gasteiger partial charge in [-0.2, -0.15) is 0 Å². The molecule has 1 saturated heterocycles. The van der Waals surface area contributed by atoms with Gasteiger partial charge in [0, 0.05) is 31.6 Å². The number of carbonyl (C=O) groups is 2. The van der Waals surface area contributed by atoms with Gasteiger partial charge in [-0.1, -0.05) is 12.1 Å². The first-order valence-electron chi connectivity index (χ1n) is 8.04. The minimum Gasteiger partial charge on any atom is -0.352 e. The van der Waals surface area contributed by atoms with Gasteiger partial charge in [-0.3, -0.25) is 4.79 Å². The third-order valence-corrected chi connectivity index (χ3v) is 3.97. The molecule has 1 aliphatic rings. The lowest BCUT2D eigenvalue weighted by atomic mass is 10.0. The molecule has 0 radical (unpaired) electrons. The van der Waals surface area contributed by atoms with Crippen LogP contribution in [0.5, 0.6) is 0 Å². The van der Waals surface area contributed by atoms with E-state index < -0.39 is 0 Å². The second kappa shape index (κ2) is 7.94. The van der Waals surface area contributed by atoms with Gasteiger partial charge in [0.1, 0.15) is 5.82 Å². The van der Waals surface area contributed by atoms with Gasteiger partial charge < -0.3 is 15.5 Å². The van der Waals surface area contributed by atoms with Crippen LogP contribution in [0.1, 0.15) is 38.7 Å². The molecule has 6 heteroatoms. The van der Waals surface area contributed by atoms with E-state index in [0.29, 0.717) is 19.5 Å². The molecule has 5 nitrogen and oxygen atoms in total. The predicted molar refractivity (Wildman–Crippen MR) is 86.3 cm³/mol. The van der Waals surface area contributed by atoms with Crippen molar-refractivity contribution in [3.8, 4) is 0 Å². The molecule has 1 atom stereocenters. The number of rotatable bonds is 5. The Morgan fingerprint density at radius 2 is 2.09 bits per heavy atom. The zero-order valence-electron chi connectivity index (χ0n) is 13.6. The fourth-order valence-electron chi connectivity index (χ4n) is 2.62. The summed E-state index contributed by atoms with van der Waals surface area (Å²) in [5.74, 6) is -0.245. The third kappa shape index (κ3) is 5.23. The summed E-state index contributed by atoms with van der Waals surface area (Å²) in [6, 6.07) is 5.98. The van der Waals surface area contributed by atoms with Crippen LogP contribution in [0.15, 0.2) is 24.3 Å². The maximum atomic E-state index is 13.0. The average Bonchev–Trinajstić information content (AvgIpc) is 2.52. The monoisotopic (exact) mass is 321 g/mol. The standard InChI is InChI=1S/C17H24FN3O2/c1-12(2)21(11-13-6-8-14(18)9-7-13)17(23)19-10-15-4-3-5-16(22)20-15/h6-9,12,15H,3-5,10-11H2,1-2H3,(H,19,23)(H,20,22)/t15-/m1/s1. The molecule has 0 aromatic heterocycles. The van der Waals surface area contributed by atoms with Crippen molar-refractivity contribution in [1.82, 2.24) is 15.5 Å². The maximum Gasteiger partial charge on any atom is 0.318 e. The molecular formula is C17H24FN3O2. The zero-order chi connectivity index (χ0) is 16.8. The zero-order valence-corrected chi connectivity index (χ0v) is 13.6. The minimum atomic E-state index is -0.290. The molecule has 1 aliphatic heterocycles. The van der Waals surface area contributed by atoms with Gasteiger partial charge in [0.05, 0.1) is 0 Å². The summed E-state index contributed by atoms with van der Waals surface area (Å²) < 4.78 is 13.0. The van der Waals surface area contributed by atoms with Crippen LogP contribution in [0, 0.1) is 5.82 Å². The lowest BCUT2D eigenvalue weighted by molar-refractivity contribution is -0.123. The Balaban J connectivity index is 1.90. The van der Waals surface area contributed by atoms with E-state index in [1.54, 1.807) is 17.0 Å². The van der Waals surface area contributed by atoms with Gasteiger partial charge in [0.15, 0.2) is 0 Å². The first kappa shape index (κ1) is 17.2. The number of benzene rings is 1. The first-order chi connectivity index (χ1) is 11.0. The average molecular weight is 321 g/mol. The Labute approximate surface area is 136 Å². The molecule has 0 aliphatic carbocycles. The Hall–Kier alpha value is -2.11. The molecule has 0 saturated carbocycles.